The molecule has 9 heteroatoms. The maximum atomic E-state index is 12.1. The Morgan fingerprint density at radius 3 is 2.76 bits per heavy atom. The molecule has 0 amide bonds. The third-order valence-electron chi connectivity index (χ3n) is 2.67. The number of hydrogen-bond donors (Lipinski definition) is 1. The van der Waals surface area contributed by atoms with Crippen LogP contribution in [0.15, 0.2) is 17.3 Å². The van der Waals surface area contributed by atoms with Gasteiger partial charge in [0.2, 0.25) is 0 Å². The first-order valence-corrected chi connectivity index (χ1v) is 8.31. The lowest BCUT2D eigenvalue weighted by atomic mass is 10.4. The number of sulfone groups is 1. The summed E-state index contributed by atoms with van der Waals surface area (Å²) in [6.07, 6.45) is 1.35. The molecule has 1 aliphatic rings. The number of nitrogens with zero attached hydrogens (tertiary/aromatic N) is 2. The highest BCUT2D eigenvalue weighted by Gasteiger charge is 2.36. The second kappa shape index (κ2) is 4.07. The minimum absolute atomic E-state index is 0.00907. The maximum Gasteiger partial charge on any atom is 0.260 e. The lowest BCUT2D eigenvalue weighted by Crippen LogP contribution is -2.49. The zero-order chi connectivity index (χ0) is 12.7. The summed E-state index contributed by atoms with van der Waals surface area (Å²) in [5.74, 6) is -0.273. The molecule has 1 aromatic rings. The van der Waals surface area contributed by atoms with Gasteiger partial charge in [-0.05, 0) is 13.0 Å². The molecule has 0 aromatic carbocycles. The van der Waals surface area contributed by atoms with E-state index in [1.165, 1.54) is 16.6 Å². The Hall–Kier alpha value is -0.930. The predicted octanol–water partition coefficient (Wildman–Crippen LogP) is -0.783. The molecule has 0 saturated carbocycles. The summed E-state index contributed by atoms with van der Waals surface area (Å²) in [6, 6.07) is 0.799. The Morgan fingerprint density at radius 1 is 1.53 bits per heavy atom. The Bertz CT molecular complexity index is 591. The highest BCUT2D eigenvalue weighted by molar-refractivity contribution is 7.92. The van der Waals surface area contributed by atoms with Gasteiger partial charge in [0, 0.05) is 12.6 Å². The van der Waals surface area contributed by atoms with Gasteiger partial charge < -0.3 is 0 Å². The van der Waals surface area contributed by atoms with E-state index >= 15 is 0 Å². The molecule has 1 atom stereocenters. The molecular formula is C8H13N3O4S2. The topological polar surface area (TPSA) is 100 Å². The van der Waals surface area contributed by atoms with Crippen LogP contribution in [0.3, 0.4) is 0 Å². The molecule has 1 fully saturated rings. The van der Waals surface area contributed by atoms with Gasteiger partial charge in [-0.1, -0.05) is 0 Å². The number of aromatic nitrogens is 2. The smallest absolute Gasteiger partial charge is 0.260 e. The molecule has 1 N–H and O–H groups in total. The fraction of sp³-hybridized carbons (Fsp3) is 0.625. The molecule has 96 valence electrons. The van der Waals surface area contributed by atoms with Crippen LogP contribution in [0.25, 0.3) is 0 Å². The van der Waals surface area contributed by atoms with Gasteiger partial charge in [-0.15, -0.1) is 0 Å². The van der Waals surface area contributed by atoms with Gasteiger partial charge >= 0.3 is 0 Å². The number of aromatic amines is 1. The van der Waals surface area contributed by atoms with Crippen molar-refractivity contribution in [1.82, 2.24) is 14.5 Å². The van der Waals surface area contributed by atoms with Crippen molar-refractivity contribution in [2.24, 2.45) is 0 Å². The molecule has 17 heavy (non-hydrogen) atoms. The van der Waals surface area contributed by atoms with E-state index in [9.17, 15) is 16.8 Å². The van der Waals surface area contributed by atoms with Crippen molar-refractivity contribution in [2.45, 2.75) is 18.0 Å². The molecular weight excluding hydrogens is 266 g/mol. The summed E-state index contributed by atoms with van der Waals surface area (Å²) in [7, 11) is -6.79. The molecule has 2 rings (SSSR count). The number of nitrogens with one attached hydrogen (secondary N) is 1. The molecule has 1 aromatic heterocycles. The van der Waals surface area contributed by atoms with Crippen molar-refractivity contribution < 1.29 is 16.8 Å². The van der Waals surface area contributed by atoms with Gasteiger partial charge in [0.25, 0.3) is 10.0 Å². The second-order valence-corrected chi connectivity index (χ2v) is 8.09. The van der Waals surface area contributed by atoms with Crippen LogP contribution < -0.4 is 0 Å². The molecule has 0 bridgehead atoms. The summed E-state index contributed by atoms with van der Waals surface area (Å²) >= 11 is 0. The van der Waals surface area contributed by atoms with E-state index in [0.29, 0.717) is 0 Å². The van der Waals surface area contributed by atoms with Crippen LogP contribution in [0.4, 0.5) is 0 Å². The number of rotatable bonds is 2. The van der Waals surface area contributed by atoms with Crippen molar-refractivity contribution in [3.8, 4) is 0 Å². The van der Waals surface area contributed by atoms with Gasteiger partial charge in [0.15, 0.2) is 14.9 Å². The van der Waals surface area contributed by atoms with Crippen LogP contribution in [-0.2, 0) is 19.9 Å². The summed E-state index contributed by atoms with van der Waals surface area (Å²) in [5, 5.41) is 5.96. The van der Waals surface area contributed by atoms with Gasteiger partial charge in [-0.3, -0.25) is 5.10 Å². The molecule has 1 saturated heterocycles. The highest BCUT2D eigenvalue weighted by Crippen LogP contribution is 2.20. The zero-order valence-corrected chi connectivity index (χ0v) is 10.8. The first kappa shape index (κ1) is 12.5. The maximum absolute atomic E-state index is 12.1. The highest BCUT2D eigenvalue weighted by atomic mass is 32.2. The van der Waals surface area contributed by atoms with E-state index < -0.39 is 25.9 Å². The molecule has 0 spiro atoms. The summed E-state index contributed by atoms with van der Waals surface area (Å²) in [4.78, 5) is 0. The molecule has 7 nitrogen and oxygen atoms in total. The van der Waals surface area contributed by atoms with Crippen LogP contribution in [0.1, 0.15) is 6.92 Å². The average Bonchev–Trinajstić information content (AvgIpc) is 2.67. The van der Waals surface area contributed by atoms with E-state index in [1.807, 2.05) is 0 Å². The zero-order valence-electron chi connectivity index (χ0n) is 9.20. The molecule has 2 heterocycles. The Morgan fingerprint density at radius 2 is 2.24 bits per heavy atom. The molecule has 1 aliphatic heterocycles. The Kier molecular flexibility index (Phi) is 3.00. The van der Waals surface area contributed by atoms with Crippen LogP contribution in [0, 0.1) is 0 Å². The summed E-state index contributed by atoms with van der Waals surface area (Å²) in [5.41, 5.74) is 0. The monoisotopic (exact) mass is 279 g/mol. The largest absolute Gasteiger partial charge is 0.266 e. The van der Waals surface area contributed by atoms with Gasteiger partial charge in [-0.25, -0.2) is 16.8 Å². The minimum Gasteiger partial charge on any atom is -0.266 e. The van der Waals surface area contributed by atoms with Crippen molar-refractivity contribution in [1.29, 1.82) is 0 Å². The van der Waals surface area contributed by atoms with Crippen LogP contribution in [0.5, 0.6) is 0 Å². The molecule has 0 radical (unpaired) electrons. The fourth-order valence-corrected chi connectivity index (χ4v) is 5.15. The summed E-state index contributed by atoms with van der Waals surface area (Å²) < 4.78 is 48.2. The number of hydrogen-bond acceptors (Lipinski definition) is 5. The van der Waals surface area contributed by atoms with E-state index in [-0.39, 0.29) is 23.1 Å². The van der Waals surface area contributed by atoms with Gasteiger partial charge in [0.1, 0.15) is 0 Å². The Balaban J connectivity index is 2.31. The number of sulfonamides is 1. The standard InChI is InChI=1S/C8H13N3O4S2/c1-7-6-16(12,13)5-4-11(7)17(14,15)8-2-3-9-10-8/h2-3,7H,4-6H2,1H3,(H,9,10). The first-order valence-electron chi connectivity index (χ1n) is 5.04. The van der Waals surface area contributed by atoms with E-state index in [1.54, 1.807) is 6.92 Å². The minimum atomic E-state index is -3.67. The SMILES string of the molecule is CC1CS(=O)(=O)CCN1S(=O)(=O)c1ccn[nH]1. The average molecular weight is 279 g/mol. The van der Waals surface area contributed by atoms with Crippen molar-refractivity contribution in [3.63, 3.8) is 0 Å². The summed E-state index contributed by atoms with van der Waals surface area (Å²) in [6.45, 7) is 1.58. The van der Waals surface area contributed by atoms with Gasteiger partial charge in [0.05, 0.1) is 17.7 Å². The van der Waals surface area contributed by atoms with E-state index in [4.69, 9.17) is 0 Å². The van der Waals surface area contributed by atoms with Crippen LogP contribution in [-0.4, -0.2) is 55.4 Å². The lowest BCUT2D eigenvalue weighted by Gasteiger charge is -2.31. The van der Waals surface area contributed by atoms with Crippen molar-refractivity contribution in [3.05, 3.63) is 12.3 Å². The van der Waals surface area contributed by atoms with E-state index in [2.05, 4.69) is 10.2 Å². The molecule has 0 aliphatic carbocycles. The lowest BCUT2D eigenvalue weighted by molar-refractivity contribution is 0.355. The van der Waals surface area contributed by atoms with Crippen molar-refractivity contribution in [2.75, 3.05) is 18.1 Å². The Labute approximate surface area is 99.8 Å². The fourth-order valence-electron chi connectivity index (χ4n) is 1.85. The van der Waals surface area contributed by atoms with E-state index in [0.717, 1.165) is 0 Å². The van der Waals surface area contributed by atoms with Crippen molar-refractivity contribution >= 4 is 19.9 Å². The third kappa shape index (κ3) is 2.35. The first-order chi connectivity index (χ1) is 7.83. The predicted molar refractivity (Wildman–Crippen MR) is 60.6 cm³/mol. The third-order valence-corrected chi connectivity index (χ3v) is 6.41. The van der Waals surface area contributed by atoms with Gasteiger partial charge in [-0.2, -0.15) is 9.40 Å². The van der Waals surface area contributed by atoms with Crippen LogP contribution >= 0.6 is 0 Å². The second-order valence-electron chi connectivity index (χ2n) is 4.00. The quantitative estimate of drug-likeness (QED) is 0.765. The normalized spacial score (nSPS) is 25.8. The molecule has 1 unspecified atom stereocenters. The van der Waals surface area contributed by atoms with Crippen LogP contribution in [0.2, 0.25) is 0 Å². The number of H-pyrrole nitrogens is 1.